The third-order valence-corrected chi connectivity index (χ3v) is 9.68. The summed E-state index contributed by atoms with van der Waals surface area (Å²) < 4.78 is 6.38. The Balaban J connectivity index is 1.27. The summed E-state index contributed by atoms with van der Waals surface area (Å²) in [5.41, 5.74) is 7.11. The third-order valence-electron chi connectivity index (χ3n) is 9.68. The Morgan fingerprint density at radius 2 is 1.69 bits per heavy atom. The van der Waals surface area contributed by atoms with Crippen LogP contribution in [0.5, 0.6) is 5.75 Å². The van der Waals surface area contributed by atoms with E-state index in [1.165, 1.54) is 0 Å². The molecule has 0 unspecified atom stereocenters. The molecule has 9 nitrogen and oxygen atoms in total. The van der Waals surface area contributed by atoms with Crippen LogP contribution in [0.25, 0.3) is 44.2 Å². The van der Waals surface area contributed by atoms with E-state index in [4.69, 9.17) is 14.7 Å². The molecule has 0 saturated heterocycles. The minimum Gasteiger partial charge on any atom is -0.488 e. The lowest BCUT2D eigenvalue weighted by molar-refractivity contribution is -0.136. The minimum absolute atomic E-state index is 0.132. The Morgan fingerprint density at radius 1 is 0.918 bits per heavy atom. The third kappa shape index (κ3) is 6.94. The summed E-state index contributed by atoms with van der Waals surface area (Å²) in [6, 6.07) is 14.9. The maximum absolute atomic E-state index is 13.0. The molecular weight excluding hydrogens is 612 g/mol. The van der Waals surface area contributed by atoms with Crippen molar-refractivity contribution in [3.63, 3.8) is 0 Å². The average molecular weight is 663 g/mol. The van der Waals surface area contributed by atoms with Crippen molar-refractivity contribution >= 4 is 33.6 Å². The van der Waals surface area contributed by atoms with Crippen molar-refractivity contribution in [2.24, 2.45) is 5.92 Å². The van der Waals surface area contributed by atoms with E-state index >= 15 is 0 Å². The number of nitrogens with zero attached hydrogens (tertiary/aromatic N) is 4. The zero-order valence-corrected chi connectivity index (χ0v) is 30.0. The molecule has 6 rings (SSSR count). The van der Waals surface area contributed by atoms with Gasteiger partial charge >= 0.3 is 0 Å². The van der Waals surface area contributed by atoms with Crippen molar-refractivity contribution in [1.29, 1.82) is 0 Å². The summed E-state index contributed by atoms with van der Waals surface area (Å²) in [6.45, 7) is 16.2. The molecule has 2 aromatic heterocycles. The number of ether oxygens (including phenoxy) is 1. The van der Waals surface area contributed by atoms with Gasteiger partial charge in [-0.2, -0.15) is 0 Å². The zero-order chi connectivity index (χ0) is 34.8. The molecule has 2 atom stereocenters. The van der Waals surface area contributed by atoms with Gasteiger partial charge in [0.25, 0.3) is 0 Å². The lowest BCUT2D eigenvalue weighted by Gasteiger charge is -2.33. The van der Waals surface area contributed by atoms with E-state index in [2.05, 4.69) is 81.0 Å². The second-order valence-electron chi connectivity index (χ2n) is 14.0. The van der Waals surface area contributed by atoms with Crippen molar-refractivity contribution in [3.05, 3.63) is 65.9 Å². The van der Waals surface area contributed by atoms with Crippen molar-refractivity contribution < 1.29 is 14.3 Å². The molecule has 2 N–H and O–H groups in total. The van der Waals surface area contributed by atoms with Crippen LogP contribution in [0.1, 0.15) is 104 Å². The lowest BCUT2D eigenvalue weighted by atomic mass is 9.92. The van der Waals surface area contributed by atoms with Gasteiger partial charge in [-0.3, -0.25) is 9.59 Å². The summed E-state index contributed by atoms with van der Waals surface area (Å²) in [7, 11) is 0. The highest BCUT2D eigenvalue weighted by molar-refractivity contribution is 6.07. The number of aromatic amines is 2. The Bertz CT molecular complexity index is 1970. The zero-order valence-electron chi connectivity index (χ0n) is 30.0. The van der Waals surface area contributed by atoms with Crippen LogP contribution >= 0.6 is 0 Å². The van der Waals surface area contributed by atoms with E-state index < -0.39 is 0 Å². The van der Waals surface area contributed by atoms with Crippen molar-refractivity contribution in [1.82, 2.24) is 29.7 Å². The molecule has 258 valence electrons. The fraction of sp³-hybridized carbons (Fsp3) is 0.450. The smallest absolute Gasteiger partial charge is 0.223 e. The summed E-state index contributed by atoms with van der Waals surface area (Å²) in [5.74, 6) is 3.14. The van der Waals surface area contributed by atoms with E-state index in [0.29, 0.717) is 38.5 Å². The van der Waals surface area contributed by atoms with Crippen LogP contribution in [0, 0.1) is 5.92 Å². The molecule has 1 aliphatic rings. The van der Waals surface area contributed by atoms with Gasteiger partial charge < -0.3 is 24.5 Å². The van der Waals surface area contributed by atoms with E-state index in [1.807, 2.05) is 35.9 Å². The highest BCUT2D eigenvalue weighted by Crippen LogP contribution is 2.42. The number of nitrogens with one attached hydrogen (secondary N) is 2. The molecule has 3 aromatic carbocycles. The predicted octanol–water partition coefficient (Wildman–Crippen LogP) is 8.94. The van der Waals surface area contributed by atoms with Gasteiger partial charge in [0.2, 0.25) is 11.8 Å². The molecule has 0 aliphatic carbocycles. The first-order chi connectivity index (χ1) is 23.6. The van der Waals surface area contributed by atoms with Crippen LogP contribution in [0.3, 0.4) is 0 Å². The van der Waals surface area contributed by atoms with Gasteiger partial charge in [0, 0.05) is 36.4 Å². The van der Waals surface area contributed by atoms with Crippen LogP contribution in [0.2, 0.25) is 0 Å². The van der Waals surface area contributed by atoms with Gasteiger partial charge in [-0.25, -0.2) is 9.97 Å². The normalized spacial score (nSPS) is 13.6. The first kappa shape index (κ1) is 34.2. The highest BCUT2D eigenvalue weighted by Gasteiger charge is 2.27. The first-order valence-electron chi connectivity index (χ1n) is 18.0. The van der Waals surface area contributed by atoms with Crippen LogP contribution in [0.15, 0.2) is 48.7 Å². The monoisotopic (exact) mass is 662 g/mol. The number of carbonyl (C=O) groups is 2. The van der Waals surface area contributed by atoms with Gasteiger partial charge in [-0.1, -0.05) is 52.8 Å². The van der Waals surface area contributed by atoms with Crippen LogP contribution in [0.4, 0.5) is 0 Å². The van der Waals surface area contributed by atoms with Gasteiger partial charge in [0.05, 0.1) is 35.5 Å². The standard InChI is InChI=1S/C40H50N6O3/c1-8-11-37(47)45(21-24(4)5)22-36-42-33-16-14-27-18-32-30-15-13-28(17-29(30)23-49-35(32)19-31(27)39(33)44-36)34-20-41-40(43-34)26(7)46(25(6)10-3)38(48)12-9-2/h13-20,24-26H,8-12,21-23H2,1-7H3,(H,41,43)(H,42,44)/t25-,26-/m0/s1. The number of benzene rings is 3. The topological polar surface area (TPSA) is 107 Å². The van der Waals surface area contributed by atoms with E-state index in [9.17, 15) is 9.59 Å². The lowest BCUT2D eigenvalue weighted by Crippen LogP contribution is -2.40. The molecule has 0 saturated carbocycles. The summed E-state index contributed by atoms with van der Waals surface area (Å²) in [6.07, 6.45) is 5.49. The summed E-state index contributed by atoms with van der Waals surface area (Å²) in [5, 5.41) is 2.15. The maximum atomic E-state index is 13.0. The molecule has 0 bridgehead atoms. The van der Waals surface area contributed by atoms with Crippen LogP contribution < -0.4 is 4.74 Å². The van der Waals surface area contributed by atoms with Crippen molar-refractivity contribution in [2.45, 2.75) is 106 Å². The molecular formula is C40H50N6O3. The SMILES string of the molecule is CCCC(=O)N(Cc1nc2ccc3cc4c(cc3c2[nH]1)OCc1cc(-c2cnc([C@H](C)N(C(=O)CCC)[C@@H](C)CC)[nH]2)ccc1-4)CC(C)C. The van der Waals surface area contributed by atoms with Crippen molar-refractivity contribution in [3.8, 4) is 28.1 Å². The number of hydrogen-bond donors (Lipinski definition) is 2. The molecule has 0 spiro atoms. The second-order valence-corrected chi connectivity index (χ2v) is 14.0. The molecule has 2 amide bonds. The largest absolute Gasteiger partial charge is 0.488 e. The number of fused-ring (bicyclic) bond motifs is 6. The number of amides is 2. The Kier molecular flexibility index (Phi) is 10.1. The Morgan fingerprint density at radius 3 is 2.43 bits per heavy atom. The van der Waals surface area contributed by atoms with Gasteiger partial charge in [0.15, 0.2) is 0 Å². The van der Waals surface area contributed by atoms with Crippen LogP contribution in [-0.2, 0) is 22.7 Å². The first-order valence-corrected chi connectivity index (χ1v) is 18.0. The molecule has 3 heterocycles. The fourth-order valence-corrected chi connectivity index (χ4v) is 7.05. The highest BCUT2D eigenvalue weighted by atomic mass is 16.5. The second kappa shape index (κ2) is 14.4. The van der Waals surface area contributed by atoms with E-state index in [-0.39, 0.29) is 23.9 Å². The number of H-pyrrole nitrogens is 2. The molecule has 5 aromatic rings. The average Bonchev–Trinajstić information content (AvgIpc) is 3.75. The van der Waals surface area contributed by atoms with Gasteiger partial charge in [-0.15, -0.1) is 0 Å². The number of aromatic nitrogens is 4. The quantitative estimate of drug-likeness (QED) is 0.131. The predicted molar refractivity (Wildman–Crippen MR) is 196 cm³/mol. The summed E-state index contributed by atoms with van der Waals surface area (Å²) >= 11 is 0. The Labute approximate surface area is 289 Å². The minimum atomic E-state index is -0.149. The molecule has 0 fully saturated rings. The number of carbonyl (C=O) groups excluding carboxylic acids is 2. The molecule has 9 heteroatoms. The Hall–Kier alpha value is -4.66. The maximum Gasteiger partial charge on any atom is 0.223 e. The van der Waals surface area contributed by atoms with E-state index in [1.54, 1.807) is 0 Å². The van der Waals surface area contributed by atoms with Gasteiger partial charge in [-0.05, 0) is 85.4 Å². The number of rotatable bonds is 13. The number of imidazole rings is 2. The van der Waals surface area contributed by atoms with E-state index in [0.717, 1.165) is 86.4 Å². The molecule has 0 radical (unpaired) electrons. The fourth-order valence-electron chi connectivity index (χ4n) is 7.05. The van der Waals surface area contributed by atoms with Crippen molar-refractivity contribution in [2.75, 3.05) is 6.54 Å². The summed E-state index contributed by atoms with van der Waals surface area (Å²) in [4.78, 5) is 46.4. The number of hydrogen-bond acceptors (Lipinski definition) is 5. The molecule has 49 heavy (non-hydrogen) atoms. The van der Waals surface area contributed by atoms with Gasteiger partial charge in [0.1, 0.15) is 24.0 Å². The molecule has 1 aliphatic heterocycles. The van der Waals surface area contributed by atoms with Crippen LogP contribution in [-0.4, -0.2) is 54.1 Å².